The van der Waals surface area contributed by atoms with Crippen LogP contribution in [-0.2, 0) is 0 Å². The van der Waals surface area contributed by atoms with Crippen LogP contribution >= 0.6 is 0 Å². The molecule has 0 saturated heterocycles. The van der Waals surface area contributed by atoms with E-state index in [1.807, 2.05) is 6.07 Å². The monoisotopic (exact) mass is 284 g/mol. The zero-order valence-electron chi connectivity index (χ0n) is 12.8. The maximum Gasteiger partial charge on any atom is 0.222 e. The molecule has 1 aromatic heterocycles. The number of hydrogen-bond donors (Lipinski definition) is 0. The first kappa shape index (κ1) is 15.2. The first-order chi connectivity index (χ1) is 9.99. The van der Waals surface area contributed by atoms with E-state index in [0.29, 0.717) is 23.1 Å². The van der Waals surface area contributed by atoms with Crippen LogP contribution in [0.2, 0.25) is 0 Å². The smallest absolute Gasteiger partial charge is 0.222 e. The normalized spacial score (nSPS) is 11.0. The summed E-state index contributed by atoms with van der Waals surface area (Å²) in [4.78, 5) is 19.7. The molecule has 0 aliphatic heterocycles. The van der Waals surface area contributed by atoms with Gasteiger partial charge in [-0.1, -0.05) is 27.7 Å². The molecule has 0 radical (unpaired) electrons. The van der Waals surface area contributed by atoms with E-state index in [1.165, 1.54) is 0 Å². The summed E-state index contributed by atoms with van der Waals surface area (Å²) in [7, 11) is 0. The van der Waals surface area contributed by atoms with Crippen molar-refractivity contribution in [2.45, 2.75) is 39.5 Å². The summed E-state index contributed by atoms with van der Waals surface area (Å²) < 4.78 is 5.79. The predicted octanol–water partition coefficient (Wildman–Crippen LogP) is 4.33. The zero-order chi connectivity index (χ0) is 15.4. The van der Waals surface area contributed by atoms with E-state index in [9.17, 15) is 4.79 Å². The summed E-state index contributed by atoms with van der Waals surface area (Å²) >= 11 is 0. The quantitative estimate of drug-likeness (QED) is 0.767. The molecule has 0 bridgehead atoms. The van der Waals surface area contributed by atoms with Crippen molar-refractivity contribution in [1.29, 1.82) is 0 Å². The number of carbonyl (C=O) groups excluding carboxylic acids is 1. The van der Waals surface area contributed by atoms with Gasteiger partial charge in [0, 0.05) is 17.5 Å². The number of carbonyl (C=O) groups is 1. The van der Waals surface area contributed by atoms with E-state index in [0.717, 1.165) is 17.8 Å². The number of nitrogens with zero attached hydrogens (tertiary/aromatic N) is 2. The lowest BCUT2D eigenvalue weighted by Gasteiger charge is -2.12. The van der Waals surface area contributed by atoms with Gasteiger partial charge in [0.15, 0.2) is 0 Å². The van der Waals surface area contributed by atoms with Gasteiger partial charge in [-0.3, -0.25) is 4.79 Å². The minimum absolute atomic E-state index is 0.239. The maximum atomic E-state index is 10.7. The van der Waals surface area contributed by atoms with Gasteiger partial charge in [-0.15, -0.1) is 0 Å². The largest absolute Gasteiger partial charge is 0.439 e. The summed E-state index contributed by atoms with van der Waals surface area (Å²) in [5, 5.41) is 0. The first-order valence-electron chi connectivity index (χ1n) is 7.11. The van der Waals surface area contributed by atoms with Crippen molar-refractivity contribution >= 4 is 6.29 Å². The SMILES string of the molecule is CC(C)c1cc(Oc2ccc(C=O)cc2)nc(C(C)C)n1. The molecule has 1 aromatic carbocycles. The topological polar surface area (TPSA) is 52.1 Å². The van der Waals surface area contributed by atoms with Crippen LogP contribution in [0.5, 0.6) is 11.6 Å². The van der Waals surface area contributed by atoms with Gasteiger partial charge in [0.1, 0.15) is 17.9 Å². The number of ether oxygens (including phenoxy) is 1. The highest BCUT2D eigenvalue weighted by Crippen LogP contribution is 2.25. The van der Waals surface area contributed by atoms with Gasteiger partial charge in [-0.2, -0.15) is 4.98 Å². The van der Waals surface area contributed by atoms with Gasteiger partial charge < -0.3 is 4.74 Å². The molecule has 2 rings (SSSR count). The minimum atomic E-state index is 0.239. The van der Waals surface area contributed by atoms with E-state index in [2.05, 4.69) is 37.7 Å². The van der Waals surface area contributed by atoms with Crippen LogP contribution in [0.3, 0.4) is 0 Å². The third-order valence-electron chi connectivity index (χ3n) is 3.09. The van der Waals surface area contributed by atoms with Crippen LogP contribution in [0.4, 0.5) is 0 Å². The van der Waals surface area contributed by atoms with E-state index >= 15 is 0 Å². The van der Waals surface area contributed by atoms with Crippen LogP contribution in [0.15, 0.2) is 30.3 Å². The lowest BCUT2D eigenvalue weighted by Crippen LogP contribution is -2.04. The van der Waals surface area contributed by atoms with Crippen LogP contribution in [0, 0.1) is 0 Å². The molecular weight excluding hydrogens is 264 g/mol. The Morgan fingerprint density at radius 3 is 2.19 bits per heavy atom. The molecule has 1 heterocycles. The van der Waals surface area contributed by atoms with Gasteiger partial charge >= 0.3 is 0 Å². The predicted molar refractivity (Wildman–Crippen MR) is 82.1 cm³/mol. The van der Waals surface area contributed by atoms with Gasteiger partial charge in [0.05, 0.1) is 5.69 Å². The van der Waals surface area contributed by atoms with Gasteiger partial charge in [-0.05, 0) is 30.2 Å². The molecule has 4 heteroatoms. The summed E-state index contributed by atoms with van der Waals surface area (Å²) in [6.45, 7) is 8.30. The van der Waals surface area contributed by atoms with Gasteiger partial charge in [-0.25, -0.2) is 4.98 Å². The van der Waals surface area contributed by atoms with Crippen molar-refractivity contribution < 1.29 is 9.53 Å². The Hall–Kier alpha value is -2.23. The Labute approximate surface area is 125 Å². The van der Waals surface area contributed by atoms with Crippen LogP contribution in [-0.4, -0.2) is 16.3 Å². The van der Waals surface area contributed by atoms with Crippen molar-refractivity contribution in [3.8, 4) is 11.6 Å². The van der Waals surface area contributed by atoms with Crippen LogP contribution < -0.4 is 4.74 Å². The molecule has 0 spiro atoms. The van der Waals surface area contributed by atoms with Crippen molar-refractivity contribution in [1.82, 2.24) is 9.97 Å². The summed E-state index contributed by atoms with van der Waals surface area (Å²) in [6.07, 6.45) is 0.808. The van der Waals surface area contributed by atoms with Crippen molar-refractivity contribution in [3.63, 3.8) is 0 Å². The third-order valence-corrected chi connectivity index (χ3v) is 3.09. The Morgan fingerprint density at radius 2 is 1.67 bits per heavy atom. The second-order valence-corrected chi connectivity index (χ2v) is 5.59. The van der Waals surface area contributed by atoms with E-state index in [1.54, 1.807) is 24.3 Å². The number of aldehydes is 1. The minimum Gasteiger partial charge on any atom is -0.439 e. The molecule has 2 aromatic rings. The number of hydrogen-bond acceptors (Lipinski definition) is 4. The van der Waals surface area contributed by atoms with E-state index in [4.69, 9.17) is 4.74 Å². The van der Waals surface area contributed by atoms with E-state index < -0.39 is 0 Å². The van der Waals surface area contributed by atoms with Gasteiger partial charge in [0.2, 0.25) is 5.88 Å². The molecule has 0 unspecified atom stereocenters. The second kappa shape index (κ2) is 6.48. The molecule has 110 valence electrons. The molecule has 0 aliphatic carbocycles. The molecule has 4 nitrogen and oxygen atoms in total. The molecule has 0 amide bonds. The molecule has 21 heavy (non-hydrogen) atoms. The zero-order valence-corrected chi connectivity index (χ0v) is 12.8. The molecule has 0 atom stereocenters. The number of aromatic nitrogens is 2. The van der Waals surface area contributed by atoms with Crippen LogP contribution in [0.25, 0.3) is 0 Å². The molecule has 0 N–H and O–H groups in total. The third kappa shape index (κ3) is 3.88. The fourth-order valence-electron chi connectivity index (χ4n) is 1.80. The maximum absolute atomic E-state index is 10.7. The highest BCUT2D eigenvalue weighted by Gasteiger charge is 2.11. The highest BCUT2D eigenvalue weighted by molar-refractivity contribution is 5.74. The number of rotatable bonds is 5. The standard InChI is InChI=1S/C17H20N2O2/c1-11(2)15-9-16(19-17(18-15)12(3)4)21-14-7-5-13(10-20)6-8-14/h5-12H,1-4H3. The lowest BCUT2D eigenvalue weighted by molar-refractivity contribution is 0.112. The fraction of sp³-hybridized carbons (Fsp3) is 0.353. The van der Waals surface area contributed by atoms with Crippen LogP contribution in [0.1, 0.15) is 61.4 Å². The van der Waals surface area contributed by atoms with Crippen molar-refractivity contribution in [3.05, 3.63) is 47.4 Å². The first-order valence-corrected chi connectivity index (χ1v) is 7.11. The summed E-state index contributed by atoms with van der Waals surface area (Å²) in [6, 6.07) is 8.82. The Bertz CT molecular complexity index is 593. The lowest BCUT2D eigenvalue weighted by atomic mass is 10.1. The Morgan fingerprint density at radius 1 is 1.00 bits per heavy atom. The molecule has 0 saturated carbocycles. The molecule has 0 fully saturated rings. The molecular formula is C17H20N2O2. The van der Waals surface area contributed by atoms with Gasteiger partial charge in [0.25, 0.3) is 0 Å². The Kier molecular flexibility index (Phi) is 4.68. The summed E-state index contributed by atoms with van der Waals surface area (Å²) in [5.74, 6) is 2.52. The molecule has 0 aliphatic rings. The average molecular weight is 284 g/mol. The summed E-state index contributed by atoms with van der Waals surface area (Å²) in [5.41, 5.74) is 1.59. The Balaban J connectivity index is 2.31. The second-order valence-electron chi connectivity index (χ2n) is 5.59. The number of benzene rings is 1. The highest BCUT2D eigenvalue weighted by atomic mass is 16.5. The van der Waals surface area contributed by atoms with Crippen molar-refractivity contribution in [2.75, 3.05) is 0 Å². The van der Waals surface area contributed by atoms with Crippen molar-refractivity contribution in [2.24, 2.45) is 0 Å². The average Bonchev–Trinajstić information content (AvgIpc) is 2.47. The fourth-order valence-corrected chi connectivity index (χ4v) is 1.80. The van der Waals surface area contributed by atoms with E-state index in [-0.39, 0.29) is 5.92 Å².